The smallest absolute Gasteiger partial charge is 0.287 e. The van der Waals surface area contributed by atoms with E-state index in [9.17, 15) is 9.59 Å². The van der Waals surface area contributed by atoms with Gasteiger partial charge in [-0.25, -0.2) is 0 Å². The highest BCUT2D eigenvalue weighted by Gasteiger charge is 2.16. The molecule has 0 aliphatic rings. The third kappa shape index (κ3) is 3.23. The maximum absolute atomic E-state index is 11.5. The molecule has 0 aliphatic carbocycles. The van der Waals surface area contributed by atoms with Crippen molar-refractivity contribution in [1.82, 2.24) is 5.32 Å². The molecule has 1 rings (SSSR count). The lowest BCUT2D eigenvalue weighted by Gasteiger charge is -2.10. The van der Waals surface area contributed by atoms with Crippen LogP contribution in [0.15, 0.2) is 22.8 Å². The Morgan fingerprint density at radius 1 is 1.60 bits per heavy atom. The zero-order chi connectivity index (χ0) is 11.3. The number of ketones is 1. The first-order chi connectivity index (χ1) is 7.15. The van der Waals surface area contributed by atoms with Gasteiger partial charge in [-0.05, 0) is 25.5 Å². The first-order valence-electron chi connectivity index (χ1n) is 4.81. The van der Waals surface area contributed by atoms with Gasteiger partial charge < -0.3 is 9.73 Å². The minimum absolute atomic E-state index is 0.0232. The van der Waals surface area contributed by atoms with E-state index in [1.807, 2.05) is 0 Å². The number of furan rings is 1. The Balaban J connectivity index is 2.48. The van der Waals surface area contributed by atoms with E-state index in [0.717, 1.165) is 0 Å². The Morgan fingerprint density at radius 2 is 2.33 bits per heavy atom. The first-order valence-corrected chi connectivity index (χ1v) is 4.81. The predicted octanol–water partition coefficient (Wildman–Crippen LogP) is 1.58. The zero-order valence-corrected chi connectivity index (χ0v) is 8.66. The molecule has 0 unspecified atom stereocenters. The second-order valence-corrected chi connectivity index (χ2v) is 3.24. The summed E-state index contributed by atoms with van der Waals surface area (Å²) in [5.74, 6) is -0.181. The van der Waals surface area contributed by atoms with Crippen molar-refractivity contribution in [2.24, 2.45) is 0 Å². The van der Waals surface area contributed by atoms with Crippen LogP contribution in [0.25, 0.3) is 0 Å². The fourth-order valence-corrected chi connectivity index (χ4v) is 1.15. The highest BCUT2D eigenvalue weighted by Crippen LogP contribution is 2.01. The maximum Gasteiger partial charge on any atom is 0.287 e. The summed E-state index contributed by atoms with van der Waals surface area (Å²) in [5.41, 5.74) is 0. The minimum atomic E-state index is -0.496. The second-order valence-electron chi connectivity index (χ2n) is 3.24. The molecule has 1 N–H and O–H groups in total. The highest BCUT2D eigenvalue weighted by molar-refractivity contribution is 5.95. The summed E-state index contributed by atoms with van der Waals surface area (Å²) in [6.07, 6.45) is 2.33. The molecule has 0 saturated heterocycles. The number of carbonyl (C=O) groups is 2. The summed E-state index contributed by atoms with van der Waals surface area (Å²) >= 11 is 0. The van der Waals surface area contributed by atoms with E-state index in [0.29, 0.717) is 12.8 Å². The van der Waals surface area contributed by atoms with Gasteiger partial charge in [0.25, 0.3) is 5.91 Å². The van der Waals surface area contributed by atoms with Crippen molar-refractivity contribution in [2.75, 3.05) is 0 Å². The van der Waals surface area contributed by atoms with E-state index in [2.05, 4.69) is 12.2 Å². The molecule has 0 saturated carbocycles. The van der Waals surface area contributed by atoms with Gasteiger partial charge in [-0.2, -0.15) is 0 Å². The Bertz CT molecular complexity index is 330. The lowest BCUT2D eigenvalue weighted by atomic mass is 10.1. The number of carbonyl (C=O) groups excluding carboxylic acids is 2. The van der Waals surface area contributed by atoms with Crippen LogP contribution in [0, 0.1) is 6.92 Å². The summed E-state index contributed by atoms with van der Waals surface area (Å²) in [7, 11) is 0. The summed E-state index contributed by atoms with van der Waals surface area (Å²) in [4.78, 5) is 22.8. The lowest BCUT2D eigenvalue weighted by molar-refractivity contribution is -0.120. The second kappa shape index (κ2) is 5.34. The van der Waals surface area contributed by atoms with Gasteiger partial charge in [0.1, 0.15) is 0 Å². The quantitative estimate of drug-likeness (QED) is 0.799. The number of rotatable bonds is 5. The fourth-order valence-electron chi connectivity index (χ4n) is 1.15. The van der Waals surface area contributed by atoms with E-state index in [1.54, 1.807) is 19.1 Å². The van der Waals surface area contributed by atoms with Crippen LogP contribution in [0.3, 0.4) is 0 Å². The number of amides is 1. The predicted molar refractivity (Wildman–Crippen MR) is 55.2 cm³/mol. The SMILES string of the molecule is [CH2]CCC(=O)[C@H](C)NC(=O)c1ccco1. The molecule has 0 spiro atoms. The third-order valence-electron chi connectivity index (χ3n) is 2.00. The molecule has 15 heavy (non-hydrogen) atoms. The van der Waals surface area contributed by atoms with Gasteiger partial charge in [0.2, 0.25) is 0 Å². The topological polar surface area (TPSA) is 59.3 Å². The molecule has 4 heteroatoms. The van der Waals surface area contributed by atoms with Crippen LogP contribution in [-0.2, 0) is 4.79 Å². The van der Waals surface area contributed by atoms with Crippen LogP contribution in [0.4, 0.5) is 0 Å². The average Bonchev–Trinajstić information content (AvgIpc) is 2.70. The molecule has 1 aromatic rings. The van der Waals surface area contributed by atoms with E-state index in [4.69, 9.17) is 4.42 Å². The molecule has 1 radical (unpaired) electrons. The van der Waals surface area contributed by atoms with Crippen LogP contribution in [0.2, 0.25) is 0 Å². The Kier molecular flexibility index (Phi) is 4.09. The van der Waals surface area contributed by atoms with E-state index >= 15 is 0 Å². The number of hydrogen-bond donors (Lipinski definition) is 1. The van der Waals surface area contributed by atoms with Crippen molar-refractivity contribution in [1.29, 1.82) is 0 Å². The summed E-state index contributed by atoms with van der Waals surface area (Å²) in [6, 6.07) is 2.68. The first kappa shape index (κ1) is 11.5. The summed E-state index contributed by atoms with van der Waals surface area (Å²) < 4.78 is 4.90. The van der Waals surface area contributed by atoms with Crippen LogP contribution in [0.5, 0.6) is 0 Å². The molecule has 1 amide bonds. The van der Waals surface area contributed by atoms with Gasteiger partial charge in [0.15, 0.2) is 11.5 Å². The van der Waals surface area contributed by atoms with Crippen molar-refractivity contribution in [3.63, 3.8) is 0 Å². The van der Waals surface area contributed by atoms with E-state index < -0.39 is 6.04 Å². The summed E-state index contributed by atoms with van der Waals surface area (Å²) in [5, 5.41) is 2.56. The molecule has 1 heterocycles. The molecule has 0 aliphatic heterocycles. The molecule has 1 aromatic heterocycles. The molecule has 0 fully saturated rings. The van der Waals surface area contributed by atoms with Gasteiger partial charge in [0, 0.05) is 6.42 Å². The Labute approximate surface area is 88.7 Å². The van der Waals surface area contributed by atoms with Gasteiger partial charge in [-0.1, -0.05) is 6.92 Å². The molecule has 1 atom stereocenters. The largest absolute Gasteiger partial charge is 0.459 e. The standard InChI is InChI=1S/C11H14NO3/c1-3-5-9(13)8(2)12-11(14)10-6-4-7-15-10/h4,6-8H,1,3,5H2,2H3,(H,12,14)/t8-/m0/s1. The van der Waals surface area contributed by atoms with Gasteiger partial charge in [-0.3, -0.25) is 9.59 Å². The van der Waals surface area contributed by atoms with E-state index in [-0.39, 0.29) is 17.5 Å². The number of hydrogen-bond acceptors (Lipinski definition) is 3. The maximum atomic E-state index is 11.5. The van der Waals surface area contributed by atoms with Crippen LogP contribution < -0.4 is 5.32 Å². The average molecular weight is 208 g/mol. The minimum Gasteiger partial charge on any atom is -0.459 e. The number of nitrogens with one attached hydrogen (secondary N) is 1. The van der Waals surface area contributed by atoms with E-state index in [1.165, 1.54) is 6.26 Å². The van der Waals surface area contributed by atoms with Crippen molar-refractivity contribution >= 4 is 11.7 Å². The fraction of sp³-hybridized carbons (Fsp3) is 0.364. The van der Waals surface area contributed by atoms with Crippen molar-refractivity contribution < 1.29 is 14.0 Å². The van der Waals surface area contributed by atoms with Crippen LogP contribution in [0.1, 0.15) is 30.3 Å². The summed E-state index contributed by atoms with van der Waals surface area (Å²) in [6.45, 7) is 5.24. The highest BCUT2D eigenvalue weighted by atomic mass is 16.3. The van der Waals surface area contributed by atoms with Crippen LogP contribution >= 0.6 is 0 Å². The zero-order valence-electron chi connectivity index (χ0n) is 8.66. The van der Waals surface area contributed by atoms with Crippen molar-refractivity contribution in [2.45, 2.75) is 25.8 Å². The van der Waals surface area contributed by atoms with Crippen LogP contribution in [-0.4, -0.2) is 17.7 Å². The lowest BCUT2D eigenvalue weighted by Crippen LogP contribution is -2.38. The molecule has 81 valence electrons. The molecule has 0 aromatic carbocycles. The van der Waals surface area contributed by atoms with Crippen molar-refractivity contribution in [3.8, 4) is 0 Å². The third-order valence-corrected chi connectivity index (χ3v) is 2.00. The molecule has 0 bridgehead atoms. The normalized spacial score (nSPS) is 12.1. The van der Waals surface area contributed by atoms with Crippen molar-refractivity contribution in [3.05, 3.63) is 31.1 Å². The Morgan fingerprint density at radius 3 is 2.87 bits per heavy atom. The Hall–Kier alpha value is -1.58. The van der Waals surface area contributed by atoms with Gasteiger partial charge in [-0.15, -0.1) is 0 Å². The molecular weight excluding hydrogens is 194 g/mol. The molecule has 4 nitrogen and oxygen atoms in total. The van der Waals surface area contributed by atoms with Gasteiger partial charge >= 0.3 is 0 Å². The monoisotopic (exact) mass is 208 g/mol. The number of Topliss-reactive ketones (excluding diaryl/α,β-unsaturated/α-hetero) is 1. The molecular formula is C11H14NO3. The van der Waals surface area contributed by atoms with Gasteiger partial charge in [0.05, 0.1) is 12.3 Å².